The van der Waals surface area contributed by atoms with E-state index in [0.29, 0.717) is 55.8 Å². The van der Waals surface area contributed by atoms with Gasteiger partial charge in [0.25, 0.3) is 5.91 Å². The van der Waals surface area contributed by atoms with Crippen LogP contribution in [0.15, 0.2) is 36.5 Å². The highest BCUT2D eigenvalue weighted by Crippen LogP contribution is 2.27. The number of para-hydroxylation sites is 1. The van der Waals surface area contributed by atoms with Crippen LogP contribution in [0, 0.1) is 11.7 Å². The number of aldehydes is 1. The lowest BCUT2D eigenvalue weighted by molar-refractivity contribution is -0.136. The third-order valence-electron chi connectivity index (χ3n) is 6.56. The highest BCUT2D eigenvalue weighted by molar-refractivity contribution is 5.95. The third-order valence-corrected chi connectivity index (χ3v) is 6.56. The van der Waals surface area contributed by atoms with Crippen LogP contribution in [0.1, 0.15) is 52.1 Å². The first-order valence-electron chi connectivity index (χ1n) is 11.5. The maximum Gasteiger partial charge on any atom is 0.257 e. The number of halogens is 1. The predicted octanol–water partition coefficient (Wildman–Crippen LogP) is 2.67. The smallest absolute Gasteiger partial charge is 0.257 e. The second kappa shape index (κ2) is 10.5. The molecule has 0 unspecified atom stereocenters. The highest BCUT2D eigenvalue weighted by atomic mass is 19.1. The van der Waals surface area contributed by atoms with Gasteiger partial charge < -0.3 is 14.7 Å². The van der Waals surface area contributed by atoms with Crippen LogP contribution in [0.2, 0.25) is 0 Å². The number of nitrogens with zero attached hydrogens (tertiary/aromatic N) is 4. The molecule has 1 aliphatic heterocycles. The van der Waals surface area contributed by atoms with Gasteiger partial charge in [-0.25, -0.2) is 4.39 Å². The molecule has 34 heavy (non-hydrogen) atoms. The Kier molecular flexibility index (Phi) is 7.30. The van der Waals surface area contributed by atoms with Gasteiger partial charge in [-0.2, -0.15) is 0 Å². The summed E-state index contributed by atoms with van der Waals surface area (Å²) in [5.74, 6) is -0.969. The Morgan fingerprint density at radius 2 is 1.74 bits per heavy atom. The van der Waals surface area contributed by atoms with Gasteiger partial charge in [0.15, 0.2) is 12.1 Å². The van der Waals surface area contributed by atoms with Crippen molar-refractivity contribution < 1.29 is 23.6 Å². The molecule has 3 amide bonds. The molecule has 8 nitrogen and oxygen atoms in total. The first-order valence-corrected chi connectivity index (χ1v) is 11.5. The summed E-state index contributed by atoms with van der Waals surface area (Å²) < 4.78 is 14.5. The molecule has 1 saturated heterocycles. The Morgan fingerprint density at radius 1 is 1.06 bits per heavy atom. The summed E-state index contributed by atoms with van der Waals surface area (Å²) in [5, 5.41) is 0. The minimum Gasteiger partial charge on any atom is -0.339 e. The Balaban J connectivity index is 1.44. The topological polar surface area (TPSA) is 90.9 Å². The molecule has 2 aliphatic rings. The van der Waals surface area contributed by atoms with E-state index >= 15 is 0 Å². The third kappa shape index (κ3) is 4.98. The Labute approximate surface area is 197 Å². The monoisotopic (exact) mass is 466 g/mol. The quantitative estimate of drug-likeness (QED) is 0.585. The minimum atomic E-state index is -0.746. The van der Waals surface area contributed by atoms with Crippen molar-refractivity contribution in [2.45, 2.75) is 32.2 Å². The molecule has 0 bridgehead atoms. The van der Waals surface area contributed by atoms with Crippen LogP contribution >= 0.6 is 0 Å². The largest absolute Gasteiger partial charge is 0.339 e. The maximum atomic E-state index is 14.5. The first-order chi connectivity index (χ1) is 16.5. The van der Waals surface area contributed by atoms with Crippen LogP contribution in [0.5, 0.6) is 0 Å². The second-order valence-electron chi connectivity index (χ2n) is 8.66. The van der Waals surface area contributed by atoms with E-state index in [0.717, 1.165) is 31.9 Å². The number of hydrogen-bond donors (Lipinski definition) is 0. The molecule has 4 rings (SSSR count). The van der Waals surface area contributed by atoms with E-state index in [-0.39, 0.29) is 23.9 Å². The van der Waals surface area contributed by atoms with Gasteiger partial charge in [0.1, 0.15) is 0 Å². The average molecular weight is 467 g/mol. The van der Waals surface area contributed by atoms with E-state index < -0.39 is 11.7 Å². The Bertz CT molecular complexity index is 1080. The maximum absolute atomic E-state index is 14.5. The van der Waals surface area contributed by atoms with Crippen molar-refractivity contribution in [2.24, 2.45) is 5.92 Å². The van der Waals surface area contributed by atoms with Crippen LogP contribution in [0.3, 0.4) is 0 Å². The van der Waals surface area contributed by atoms with E-state index in [4.69, 9.17) is 0 Å². The summed E-state index contributed by atoms with van der Waals surface area (Å²) in [5.41, 5.74) is 0.912. The lowest BCUT2D eigenvalue weighted by Crippen LogP contribution is -2.51. The van der Waals surface area contributed by atoms with Crippen molar-refractivity contribution in [3.8, 4) is 0 Å². The van der Waals surface area contributed by atoms with Gasteiger partial charge in [0, 0.05) is 37.7 Å². The zero-order valence-electron chi connectivity index (χ0n) is 18.9. The van der Waals surface area contributed by atoms with Crippen molar-refractivity contribution in [1.82, 2.24) is 14.8 Å². The molecule has 0 atom stereocenters. The molecule has 1 aliphatic carbocycles. The fourth-order valence-electron chi connectivity index (χ4n) is 4.67. The van der Waals surface area contributed by atoms with E-state index in [1.54, 1.807) is 34.1 Å². The molecular formula is C25H27FN4O4. The number of benzene rings is 1. The highest BCUT2D eigenvalue weighted by Gasteiger charge is 2.31. The van der Waals surface area contributed by atoms with Gasteiger partial charge in [-0.15, -0.1) is 0 Å². The molecule has 2 aromatic rings. The number of carbonyl (C=O) groups excluding carboxylic acids is 4. The number of amides is 3. The SMILES string of the molecule is O=Cc1ccccc1N(C=O)Cc1cc(C(=O)N2CCN(C(=O)C3CCCC3)CC2)c(F)cn1. The van der Waals surface area contributed by atoms with Gasteiger partial charge in [-0.1, -0.05) is 25.0 Å². The van der Waals surface area contributed by atoms with Crippen LogP contribution in [-0.4, -0.2) is 65.5 Å². The number of hydrogen-bond acceptors (Lipinski definition) is 5. The van der Waals surface area contributed by atoms with Gasteiger partial charge >= 0.3 is 0 Å². The lowest BCUT2D eigenvalue weighted by atomic mass is 10.1. The number of pyridine rings is 1. The van der Waals surface area contributed by atoms with Crippen LogP contribution in [0.25, 0.3) is 0 Å². The van der Waals surface area contributed by atoms with Crippen molar-refractivity contribution >= 4 is 30.2 Å². The molecule has 1 aromatic heterocycles. The summed E-state index contributed by atoms with van der Waals surface area (Å²) >= 11 is 0. The fraction of sp³-hybridized carbons (Fsp3) is 0.400. The first kappa shape index (κ1) is 23.5. The molecular weight excluding hydrogens is 439 g/mol. The van der Waals surface area contributed by atoms with Crippen LogP contribution in [-0.2, 0) is 16.1 Å². The molecule has 2 heterocycles. The second-order valence-corrected chi connectivity index (χ2v) is 8.66. The number of piperazine rings is 1. The van der Waals surface area contributed by atoms with E-state index in [2.05, 4.69) is 4.98 Å². The molecule has 1 aromatic carbocycles. The zero-order valence-corrected chi connectivity index (χ0v) is 18.9. The van der Waals surface area contributed by atoms with Crippen molar-refractivity contribution in [2.75, 3.05) is 31.1 Å². The van der Waals surface area contributed by atoms with Crippen molar-refractivity contribution in [1.29, 1.82) is 0 Å². The summed E-state index contributed by atoms with van der Waals surface area (Å²) in [6, 6.07) is 7.93. The fourth-order valence-corrected chi connectivity index (χ4v) is 4.67. The average Bonchev–Trinajstić information content (AvgIpc) is 3.42. The summed E-state index contributed by atoms with van der Waals surface area (Å²) in [6.45, 7) is 1.51. The molecule has 0 radical (unpaired) electrons. The molecule has 178 valence electrons. The zero-order chi connectivity index (χ0) is 24.1. The normalized spacial score (nSPS) is 16.4. The number of aromatic nitrogens is 1. The van der Waals surface area contributed by atoms with Gasteiger partial charge in [-0.3, -0.25) is 24.2 Å². The molecule has 0 spiro atoms. The lowest BCUT2D eigenvalue weighted by Gasteiger charge is -2.36. The van der Waals surface area contributed by atoms with E-state index in [1.807, 2.05) is 0 Å². The van der Waals surface area contributed by atoms with Gasteiger partial charge in [-0.05, 0) is 31.0 Å². The minimum absolute atomic E-state index is 0.0292. The Morgan fingerprint density at radius 3 is 2.41 bits per heavy atom. The molecule has 9 heteroatoms. The molecule has 1 saturated carbocycles. The number of rotatable bonds is 7. The van der Waals surface area contributed by atoms with E-state index in [1.165, 1.54) is 11.0 Å². The van der Waals surface area contributed by atoms with Gasteiger partial charge in [0.2, 0.25) is 12.3 Å². The summed E-state index contributed by atoms with van der Waals surface area (Å²) in [4.78, 5) is 57.4. The Hall–Kier alpha value is -3.62. The van der Waals surface area contributed by atoms with Crippen LogP contribution < -0.4 is 4.90 Å². The molecule has 2 fully saturated rings. The number of carbonyl (C=O) groups is 4. The van der Waals surface area contributed by atoms with Gasteiger partial charge in [0.05, 0.1) is 29.7 Å². The summed E-state index contributed by atoms with van der Waals surface area (Å²) in [6.07, 6.45) is 6.21. The summed E-state index contributed by atoms with van der Waals surface area (Å²) in [7, 11) is 0. The van der Waals surface area contributed by atoms with E-state index in [9.17, 15) is 23.6 Å². The molecule has 0 N–H and O–H groups in total. The standard InChI is InChI=1S/C25H27FN4O4/c26-22-14-27-20(15-30(17-32)23-8-4-3-7-19(23)16-31)13-21(22)25(34)29-11-9-28(10-12-29)24(33)18-5-1-2-6-18/h3-4,7-8,13-14,16-18H,1-2,5-6,9-12,15H2. The predicted molar refractivity (Wildman–Crippen MR) is 123 cm³/mol. The van der Waals surface area contributed by atoms with Crippen molar-refractivity contribution in [3.05, 3.63) is 59.2 Å². The van der Waals surface area contributed by atoms with Crippen molar-refractivity contribution in [3.63, 3.8) is 0 Å². The van der Waals surface area contributed by atoms with Crippen LogP contribution in [0.4, 0.5) is 10.1 Å². The number of anilines is 1.